The van der Waals surface area contributed by atoms with Crippen LogP contribution >= 0.6 is 11.3 Å². The summed E-state index contributed by atoms with van der Waals surface area (Å²) >= 11 is 1.35. The lowest BCUT2D eigenvalue weighted by atomic mass is 10.2. The third-order valence-corrected chi connectivity index (χ3v) is 4.04. The molecule has 1 saturated heterocycles. The molecule has 20 heavy (non-hydrogen) atoms. The minimum absolute atomic E-state index is 0.227. The molecule has 1 aliphatic rings. The summed E-state index contributed by atoms with van der Waals surface area (Å²) in [5.41, 5.74) is 0. The van der Waals surface area contributed by atoms with Crippen molar-refractivity contribution in [1.82, 2.24) is 15.1 Å². The van der Waals surface area contributed by atoms with Gasteiger partial charge in [-0.2, -0.15) is 0 Å². The molecule has 0 aromatic carbocycles. The highest BCUT2D eigenvalue weighted by molar-refractivity contribution is 7.15. The monoisotopic (exact) mass is 298 g/mol. The number of ether oxygens (including phenoxy) is 1. The van der Waals surface area contributed by atoms with Gasteiger partial charge < -0.3 is 4.74 Å². The second-order valence-electron chi connectivity index (χ2n) is 4.39. The highest BCUT2D eigenvalue weighted by Gasteiger charge is 2.35. The molecule has 0 radical (unpaired) electrons. The van der Waals surface area contributed by atoms with Crippen molar-refractivity contribution in [3.8, 4) is 0 Å². The molecule has 0 saturated carbocycles. The van der Waals surface area contributed by atoms with Crippen molar-refractivity contribution in [1.29, 1.82) is 0 Å². The van der Waals surface area contributed by atoms with Crippen LogP contribution in [0, 0.1) is 0 Å². The first-order valence-corrected chi connectivity index (χ1v) is 7.54. The van der Waals surface area contributed by atoms with Gasteiger partial charge in [0.15, 0.2) is 0 Å². The summed E-state index contributed by atoms with van der Waals surface area (Å²) in [6.07, 6.45) is 1.79. The van der Waals surface area contributed by atoms with Gasteiger partial charge in [0.2, 0.25) is 11.0 Å². The predicted octanol–water partition coefficient (Wildman–Crippen LogP) is 1.66. The van der Waals surface area contributed by atoms with E-state index in [1.54, 1.807) is 6.92 Å². The molecule has 1 aromatic heterocycles. The lowest BCUT2D eigenvalue weighted by Crippen LogP contribution is -2.43. The smallest absolute Gasteiger partial charge is 0.410 e. The van der Waals surface area contributed by atoms with Crippen molar-refractivity contribution >= 4 is 28.5 Å². The number of hydrogen-bond acceptors (Lipinski definition) is 6. The number of aryl methyl sites for hydroxylation is 1. The van der Waals surface area contributed by atoms with Crippen LogP contribution in [0.15, 0.2) is 0 Å². The van der Waals surface area contributed by atoms with Crippen molar-refractivity contribution in [2.75, 3.05) is 18.5 Å². The summed E-state index contributed by atoms with van der Waals surface area (Å²) in [6.45, 7) is 4.58. The number of carbonyl (C=O) groups excluding carboxylic acids is 2. The molecule has 0 bridgehead atoms. The van der Waals surface area contributed by atoms with Crippen LogP contribution in [0.5, 0.6) is 0 Å². The zero-order valence-electron chi connectivity index (χ0n) is 11.6. The number of nitrogens with one attached hydrogen (secondary N) is 1. The molecule has 2 heterocycles. The van der Waals surface area contributed by atoms with Crippen LogP contribution in [0.3, 0.4) is 0 Å². The first-order chi connectivity index (χ1) is 9.65. The van der Waals surface area contributed by atoms with E-state index in [0.29, 0.717) is 24.7 Å². The molecule has 8 heteroatoms. The maximum atomic E-state index is 12.2. The lowest BCUT2D eigenvalue weighted by Gasteiger charge is -2.22. The van der Waals surface area contributed by atoms with Gasteiger partial charge >= 0.3 is 6.09 Å². The van der Waals surface area contributed by atoms with E-state index in [1.807, 2.05) is 6.92 Å². The number of carbonyl (C=O) groups is 2. The standard InChI is InChI=1S/C12H18N4O3S/c1-3-9-14-15-11(20-9)13-10(17)8-6-5-7-16(8)12(18)19-4-2/h8H,3-7H2,1-2H3,(H,13,15,17). The predicted molar refractivity (Wildman–Crippen MR) is 74.7 cm³/mol. The van der Waals surface area contributed by atoms with Crippen molar-refractivity contribution in [3.63, 3.8) is 0 Å². The summed E-state index contributed by atoms with van der Waals surface area (Å²) in [4.78, 5) is 25.4. The number of rotatable bonds is 4. The maximum absolute atomic E-state index is 12.2. The molecule has 1 aromatic rings. The number of hydrogen-bond donors (Lipinski definition) is 1. The molecule has 1 unspecified atom stereocenters. The molecule has 110 valence electrons. The number of likely N-dealkylation sites (tertiary alicyclic amines) is 1. The summed E-state index contributed by atoms with van der Waals surface area (Å²) < 4.78 is 4.96. The fourth-order valence-electron chi connectivity index (χ4n) is 2.10. The average molecular weight is 298 g/mol. The van der Waals surface area contributed by atoms with Gasteiger partial charge in [-0.1, -0.05) is 18.3 Å². The molecule has 0 aliphatic carbocycles. The fourth-order valence-corrected chi connectivity index (χ4v) is 2.78. The van der Waals surface area contributed by atoms with Gasteiger partial charge in [-0.3, -0.25) is 15.0 Å². The Balaban J connectivity index is 1.98. The highest BCUT2D eigenvalue weighted by Crippen LogP contribution is 2.21. The van der Waals surface area contributed by atoms with Crippen LogP contribution in [0.1, 0.15) is 31.7 Å². The third kappa shape index (κ3) is 3.24. The highest BCUT2D eigenvalue weighted by atomic mass is 32.1. The van der Waals surface area contributed by atoms with Gasteiger partial charge in [0.1, 0.15) is 11.0 Å². The van der Waals surface area contributed by atoms with Crippen LogP contribution < -0.4 is 5.32 Å². The Kier molecular flexibility index (Phi) is 4.89. The second kappa shape index (κ2) is 6.65. The zero-order chi connectivity index (χ0) is 14.5. The SMILES string of the molecule is CCOC(=O)N1CCCC1C(=O)Nc1nnc(CC)s1. The molecule has 1 atom stereocenters. The van der Waals surface area contributed by atoms with Crippen LogP contribution in [-0.4, -0.2) is 46.3 Å². The quantitative estimate of drug-likeness (QED) is 0.914. The minimum Gasteiger partial charge on any atom is -0.450 e. The van der Waals surface area contributed by atoms with Crippen molar-refractivity contribution < 1.29 is 14.3 Å². The number of nitrogens with zero attached hydrogens (tertiary/aromatic N) is 3. The Morgan fingerprint density at radius 1 is 1.45 bits per heavy atom. The topological polar surface area (TPSA) is 84.4 Å². The Labute approximate surface area is 121 Å². The molecule has 7 nitrogen and oxygen atoms in total. The van der Waals surface area contributed by atoms with Crippen LogP contribution in [0.25, 0.3) is 0 Å². The molecule has 1 aliphatic heterocycles. The number of amides is 2. The van der Waals surface area contributed by atoms with E-state index in [4.69, 9.17) is 4.74 Å². The largest absolute Gasteiger partial charge is 0.450 e. The number of aromatic nitrogens is 2. The number of anilines is 1. The van der Waals surface area contributed by atoms with Gasteiger partial charge in [0.25, 0.3) is 0 Å². The minimum atomic E-state index is -0.483. The van der Waals surface area contributed by atoms with Crippen LogP contribution in [0.2, 0.25) is 0 Å². The Morgan fingerprint density at radius 2 is 2.25 bits per heavy atom. The summed E-state index contributed by atoms with van der Waals surface area (Å²) in [5.74, 6) is -0.227. The maximum Gasteiger partial charge on any atom is 0.410 e. The third-order valence-electron chi connectivity index (χ3n) is 3.06. The summed E-state index contributed by atoms with van der Waals surface area (Å²) in [6, 6.07) is -0.483. The lowest BCUT2D eigenvalue weighted by molar-refractivity contribution is -0.120. The molecular formula is C12H18N4O3S. The van der Waals surface area contributed by atoms with Gasteiger partial charge in [-0.25, -0.2) is 4.79 Å². The van der Waals surface area contributed by atoms with E-state index >= 15 is 0 Å². The molecule has 2 amide bonds. The van der Waals surface area contributed by atoms with Crippen LogP contribution in [-0.2, 0) is 16.0 Å². The molecular weight excluding hydrogens is 280 g/mol. The van der Waals surface area contributed by atoms with Crippen molar-refractivity contribution in [2.45, 2.75) is 39.2 Å². The van der Waals surface area contributed by atoms with Gasteiger partial charge in [0, 0.05) is 6.54 Å². The Morgan fingerprint density at radius 3 is 2.90 bits per heavy atom. The first kappa shape index (κ1) is 14.7. The van der Waals surface area contributed by atoms with Gasteiger partial charge in [0.05, 0.1) is 6.61 Å². The Bertz CT molecular complexity index is 491. The second-order valence-corrected chi connectivity index (χ2v) is 5.46. The van der Waals surface area contributed by atoms with E-state index in [1.165, 1.54) is 16.2 Å². The van der Waals surface area contributed by atoms with Crippen molar-refractivity contribution in [2.24, 2.45) is 0 Å². The van der Waals surface area contributed by atoms with Gasteiger partial charge in [-0.15, -0.1) is 10.2 Å². The molecule has 1 N–H and O–H groups in total. The normalized spacial score (nSPS) is 18.1. The van der Waals surface area contributed by atoms with Crippen molar-refractivity contribution in [3.05, 3.63) is 5.01 Å². The first-order valence-electron chi connectivity index (χ1n) is 6.72. The van der Waals surface area contributed by atoms with E-state index < -0.39 is 12.1 Å². The molecule has 2 rings (SSSR count). The summed E-state index contributed by atoms with van der Waals surface area (Å²) in [5, 5.41) is 11.9. The van der Waals surface area contributed by atoms with E-state index in [-0.39, 0.29) is 5.91 Å². The zero-order valence-corrected chi connectivity index (χ0v) is 12.4. The van der Waals surface area contributed by atoms with E-state index in [9.17, 15) is 9.59 Å². The van der Waals surface area contributed by atoms with Crippen LogP contribution in [0.4, 0.5) is 9.93 Å². The van der Waals surface area contributed by atoms with Gasteiger partial charge in [-0.05, 0) is 26.2 Å². The average Bonchev–Trinajstić information content (AvgIpc) is 3.07. The molecule has 1 fully saturated rings. The van der Waals surface area contributed by atoms with E-state index in [0.717, 1.165) is 17.8 Å². The Hall–Kier alpha value is -1.70. The fraction of sp³-hybridized carbons (Fsp3) is 0.667. The molecule has 0 spiro atoms. The van der Waals surface area contributed by atoms with E-state index in [2.05, 4.69) is 15.5 Å². The summed E-state index contributed by atoms with van der Waals surface area (Å²) in [7, 11) is 0.